The number of halogens is 1. The Morgan fingerprint density at radius 3 is 2.42 bits per heavy atom. The second-order valence-electron chi connectivity index (χ2n) is 10.8. The van der Waals surface area contributed by atoms with Crippen LogP contribution in [-0.2, 0) is 4.79 Å². The Bertz CT molecular complexity index is 1020. The molecule has 8 nitrogen and oxygen atoms in total. The molecular formula is C29H41ClN6O2. The Morgan fingerprint density at radius 1 is 0.921 bits per heavy atom. The lowest BCUT2D eigenvalue weighted by atomic mass is 10.0. The van der Waals surface area contributed by atoms with Gasteiger partial charge in [-0.05, 0) is 75.4 Å². The summed E-state index contributed by atoms with van der Waals surface area (Å²) in [4.78, 5) is 29.2. The minimum absolute atomic E-state index is 0.0512. The number of hydrogen-bond acceptors (Lipinski definition) is 7. The van der Waals surface area contributed by atoms with Crippen LogP contribution in [0.25, 0.3) is 0 Å². The summed E-state index contributed by atoms with van der Waals surface area (Å²) in [5.74, 6) is 2.52. The van der Waals surface area contributed by atoms with E-state index in [1.807, 2.05) is 17.2 Å². The lowest BCUT2D eigenvalue weighted by Crippen LogP contribution is -2.49. The summed E-state index contributed by atoms with van der Waals surface area (Å²) >= 11 is 5.93. The Balaban J connectivity index is 1.10. The Kier molecular flexibility index (Phi) is 9.57. The number of hydrogen-bond donors (Lipinski definition) is 1. The number of carbonyl (C=O) groups excluding carboxylic acids is 1. The highest BCUT2D eigenvalue weighted by molar-refractivity contribution is 6.30. The summed E-state index contributed by atoms with van der Waals surface area (Å²) in [6.45, 7) is 5.91. The van der Waals surface area contributed by atoms with Gasteiger partial charge in [0.1, 0.15) is 11.6 Å². The van der Waals surface area contributed by atoms with E-state index in [1.165, 1.54) is 38.5 Å². The van der Waals surface area contributed by atoms with Crippen LogP contribution in [0.5, 0.6) is 5.75 Å². The largest absolute Gasteiger partial charge is 0.484 e. The Hall–Kier alpha value is -2.58. The fraction of sp³-hybridized carbons (Fsp3) is 0.621. The van der Waals surface area contributed by atoms with Crippen LogP contribution < -0.4 is 15.0 Å². The number of ether oxygens (including phenoxy) is 1. The first-order chi connectivity index (χ1) is 18.6. The van der Waals surface area contributed by atoms with E-state index in [9.17, 15) is 4.79 Å². The molecule has 0 bridgehead atoms. The molecule has 0 aliphatic carbocycles. The van der Waals surface area contributed by atoms with Crippen LogP contribution in [0, 0.1) is 0 Å². The zero-order chi connectivity index (χ0) is 26.2. The van der Waals surface area contributed by atoms with Gasteiger partial charge in [-0.1, -0.05) is 30.9 Å². The Morgan fingerprint density at radius 2 is 1.66 bits per heavy atom. The molecule has 3 aliphatic heterocycles. The molecule has 1 atom stereocenters. The summed E-state index contributed by atoms with van der Waals surface area (Å²) in [5, 5.41) is 4.33. The number of nitrogens with zero attached hydrogens (tertiary/aromatic N) is 5. The second kappa shape index (κ2) is 13.5. The fourth-order valence-corrected chi connectivity index (χ4v) is 6.07. The van der Waals surface area contributed by atoms with Crippen LogP contribution in [0.1, 0.15) is 57.8 Å². The highest BCUT2D eigenvalue weighted by Crippen LogP contribution is 2.24. The van der Waals surface area contributed by atoms with Crippen molar-refractivity contribution >= 4 is 29.3 Å². The smallest absolute Gasteiger partial charge is 0.260 e. The third kappa shape index (κ3) is 7.50. The van der Waals surface area contributed by atoms with E-state index in [0.29, 0.717) is 22.9 Å². The number of anilines is 2. The molecule has 2 aromatic rings. The van der Waals surface area contributed by atoms with E-state index in [0.717, 1.165) is 70.3 Å². The van der Waals surface area contributed by atoms with Gasteiger partial charge in [0.05, 0.1) is 0 Å². The van der Waals surface area contributed by atoms with Gasteiger partial charge in [-0.25, -0.2) is 4.98 Å². The average molecular weight is 541 g/mol. The van der Waals surface area contributed by atoms with Gasteiger partial charge < -0.3 is 19.9 Å². The molecule has 5 rings (SSSR count). The van der Waals surface area contributed by atoms with E-state index in [2.05, 4.69) is 20.1 Å². The molecule has 1 aromatic carbocycles. The predicted octanol–water partition coefficient (Wildman–Crippen LogP) is 4.85. The van der Waals surface area contributed by atoms with Crippen LogP contribution in [0.15, 0.2) is 36.5 Å². The van der Waals surface area contributed by atoms with Crippen LogP contribution in [0.3, 0.4) is 0 Å². The van der Waals surface area contributed by atoms with Gasteiger partial charge in [-0.3, -0.25) is 9.69 Å². The zero-order valence-corrected chi connectivity index (χ0v) is 23.1. The van der Waals surface area contributed by atoms with Crippen molar-refractivity contribution in [1.82, 2.24) is 19.8 Å². The van der Waals surface area contributed by atoms with Crippen LogP contribution in [0.4, 0.5) is 11.8 Å². The topological polar surface area (TPSA) is 73.8 Å². The summed E-state index contributed by atoms with van der Waals surface area (Å²) in [5.41, 5.74) is 0. The fourth-order valence-electron chi connectivity index (χ4n) is 5.95. The maximum atomic E-state index is 12.7. The molecule has 38 heavy (non-hydrogen) atoms. The van der Waals surface area contributed by atoms with Crippen molar-refractivity contribution in [2.45, 2.75) is 69.9 Å². The first-order valence-electron chi connectivity index (χ1n) is 14.4. The molecule has 1 N–H and O–H groups in total. The maximum absolute atomic E-state index is 12.7. The molecular weight excluding hydrogens is 500 g/mol. The number of rotatable bonds is 7. The van der Waals surface area contributed by atoms with Crippen molar-refractivity contribution in [3.8, 4) is 5.75 Å². The van der Waals surface area contributed by atoms with Crippen LogP contribution in [-0.4, -0.2) is 83.6 Å². The van der Waals surface area contributed by atoms with Gasteiger partial charge in [0.15, 0.2) is 6.61 Å². The second-order valence-corrected chi connectivity index (χ2v) is 11.3. The SMILES string of the molecule is O=C(COc1ccc(Cl)cc1)N1CCC(N2CCCCC(Nc3nccc(N4CCCCCC4)n3)C2)CC1. The van der Waals surface area contributed by atoms with Gasteiger partial charge in [0.25, 0.3) is 5.91 Å². The lowest BCUT2D eigenvalue weighted by molar-refractivity contribution is -0.135. The highest BCUT2D eigenvalue weighted by atomic mass is 35.5. The molecule has 4 heterocycles. The summed E-state index contributed by atoms with van der Waals surface area (Å²) < 4.78 is 5.68. The normalized spacial score (nSPS) is 22.0. The monoisotopic (exact) mass is 540 g/mol. The molecule has 0 radical (unpaired) electrons. The highest BCUT2D eigenvalue weighted by Gasteiger charge is 2.30. The van der Waals surface area contributed by atoms with Crippen molar-refractivity contribution in [2.24, 2.45) is 0 Å². The summed E-state index contributed by atoms with van der Waals surface area (Å²) in [6, 6.07) is 10.0. The number of nitrogens with one attached hydrogen (secondary N) is 1. The molecule has 1 unspecified atom stereocenters. The van der Waals surface area contributed by atoms with Gasteiger partial charge in [0.2, 0.25) is 5.95 Å². The molecule has 1 aromatic heterocycles. The van der Waals surface area contributed by atoms with Gasteiger partial charge in [0, 0.05) is 56.0 Å². The molecule has 3 saturated heterocycles. The van der Waals surface area contributed by atoms with Crippen molar-refractivity contribution in [3.05, 3.63) is 41.6 Å². The number of carbonyl (C=O) groups is 1. The molecule has 9 heteroatoms. The van der Waals surface area contributed by atoms with E-state index < -0.39 is 0 Å². The van der Waals surface area contributed by atoms with Crippen LogP contribution in [0.2, 0.25) is 5.02 Å². The Labute approximate surface area is 231 Å². The molecule has 0 saturated carbocycles. The van der Waals surface area contributed by atoms with Gasteiger partial charge in [-0.15, -0.1) is 0 Å². The van der Waals surface area contributed by atoms with E-state index in [4.69, 9.17) is 21.3 Å². The first-order valence-corrected chi connectivity index (χ1v) is 14.8. The molecule has 1 amide bonds. The van der Waals surface area contributed by atoms with Crippen molar-refractivity contribution < 1.29 is 9.53 Å². The average Bonchev–Trinajstić information content (AvgIpc) is 3.37. The summed E-state index contributed by atoms with van der Waals surface area (Å²) in [7, 11) is 0. The predicted molar refractivity (Wildman–Crippen MR) is 152 cm³/mol. The van der Waals surface area contributed by atoms with Crippen molar-refractivity contribution in [2.75, 3.05) is 56.1 Å². The van der Waals surface area contributed by atoms with Gasteiger partial charge in [-0.2, -0.15) is 4.98 Å². The van der Waals surface area contributed by atoms with Crippen molar-refractivity contribution in [3.63, 3.8) is 0 Å². The molecule has 3 aliphatic rings. The molecule has 206 valence electrons. The summed E-state index contributed by atoms with van der Waals surface area (Å²) in [6.07, 6.45) is 12.6. The minimum Gasteiger partial charge on any atom is -0.484 e. The number of aromatic nitrogens is 2. The lowest BCUT2D eigenvalue weighted by Gasteiger charge is -2.39. The third-order valence-electron chi connectivity index (χ3n) is 8.12. The standard InChI is InChI=1S/C29H41ClN6O2/c30-23-8-10-26(11-9-23)38-22-28(37)35-19-13-25(14-20-35)36-18-6-3-7-24(21-36)32-29-31-15-12-27(33-29)34-16-4-1-2-5-17-34/h8-12,15,24-25H,1-7,13-14,16-22H2,(H,31,32,33). The van der Waals surface area contributed by atoms with Crippen LogP contribution >= 0.6 is 11.6 Å². The van der Waals surface area contributed by atoms with Crippen molar-refractivity contribution in [1.29, 1.82) is 0 Å². The number of piperidine rings is 1. The zero-order valence-electron chi connectivity index (χ0n) is 22.4. The van der Waals surface area contributed by atoms with E-state index in [-0.39, 0.29) is 12.5 Å². The third-order valence-corrected chi connectivity index (χ3v) is 8.37. The van der Waals surface area contributed by atoms with E-state index >= 15 is 0 Å². The number of amides is 1. The quantitative estimate of drug-likeness (QED) is 0.538. The minimum atomic E-state index is 0.0512. The van der Waals surface area contributed by atoms with Gasteiger partial charge >= 0.3 is 0 Å². The first kappa shape index (κ1) is 27.0. The maximum Gasteiger partial charge on any atom is 0.260 e. The molecule has 0 spiro atoms. The molecule has 3 fully saturated rings. The van der Waals surface area contributed by atoms with E-state index in [1.54, 1.807) is 24.3 Å². The number of benzene rings is 1. The number of likely N-dealkylation sites (tertiary alicyclic amines) is 2.